The minimum absolute atomic E-state index is 0.476. The molecule has 1 aromatic carbocycles. The Kier molecular flexibility index (Phi) is 2.50. The van der Waals surface area contributed by atoms with E-state index in [2.05, 4.69) is 18.8 Å². The number of benzene rings is 1. The lowest BCUT2D eigenvalue weighted by molar-refractivity contribution is 0.857. The summed E-state index contributed by atoms with van der Waals surface area (Å²) < 4.78 is 1.12. The van der Waals surface area contributed by atoms with Gasteiger partial charge in [-0.3, -0.25) is 0 Å². The van der Waals surface area contributed by atoms with E-state index in [1.807, 2.05) is 19.1 Å². The molecular weight excluding hydrogens is 214 g/mol. The first-order chi connectivity index (χ1) is 6.59. The normalized spacial score (nSPS) is 11.5. The van der Waals surface area contributed by atoms with Gasteiger partial charge in [-0.2, -0.15) is 0 Å². The van der Waals surface area contributed by atoms with E-state index in [9.17, 15) is 0 Å². The minimum atomic E-state index is 0.476. The number of aromatic nitrogens is 1. The van der Waals surface area contributed by atoms with Gasteiger partial charge in [-0.1, -0.05) is 31.5 Å². The van der Waals surface area contributed by atoms with Gasteiger partial charge in [0.15, 0.2) is 0 Å². The number of nitrogens with zero attached hydrogens (tertiary/aromatic N) is 1. The van der Waals surface area contributed by atoms with Crippen LogP contribution >= 0.6 is 22.9 Å². The van der Waals surface area contributed by atoms with Crippen molar-refractivity contribution in [2.45, 2.75) is 26.7 Å². The second-order valence-corrected chi connectivity index (χ2v) is 5.16. The van der Waals surface area contributed by atoms with Crippen LogP contribution < -0.4 is 0 Å². The van der Waals surface area contributed by atoms with E-state index in [1.165, 1.54) is 0 Å². The van der Waals surface area contributed by atoms with Gasteiger partial charge in [-0.25, -0.2) is 4.98 Å². The first-order valence-corrected chi connectivity index (χ1v) is 5.84. The van der Waals surface area contributed by atoms with Crippen molar-refractivity contribution in [3.63, 3.8) is 0 Å². The van der Waals surface area contributed by atoms with Crippen LogP contribution in [-0.2, 0) is 0 Å². The molecule has 0 radical (unpaired) electrons. The lowest BCUT2D eigenvalue weighted by Gasteiger charge is -1.95. The molecule has 2 aromatic rings. The van der Waals surface area contributed by atoms with Crippen LogP contribution in [0.25, 0.3) is 10.2 Å². The van der Waals surface area contributed by atoms with E-state index in [4.69, 9.17) is 11.6 Å². The Bertz CT molecular complexity index is 473. The SMILES string of the molecule is Cc1ccc2nc(C(C)C)sc2c1Cl. The average molecular weight is 226 g/mol. The summed E-state index contributed by atoms with van der Waals surface area (Å²) in [7, 11) is 0. The monoisotopic (exact) mass is 225 g/mol. The highest BCUT2D eigenvalue weighted by atomic mass is 35.5. The average Bonchev–Trinajstić information content (AvgIpc) is 2.56. The Morgan fingerprint density at radius 2 is 2.07 bits per heavy atom. The molecule has 1 nitrogen and oxygen atoms in total. The maximum absolute atomic E-state index is 6.21. The highest BCUT2D eigenvalue weighted by Crippen LogP contribution is 2.34. The highest BCUT2D eigenvalue weighted by molar-refractivity contribution is 7.19. The van der Waals surface area contributed by atoms with Crippen molar-refractivity contribution in [3.8, 4) is 0 Å². The first kappa shape index (κ1) is 9.94. The van der Waals surface area contributed by atoms with E-state index >= 15 is 0 Å². The standard InChI is InChI=1S/C11H12ClNS/c1-6(2)11-13-8-5-4-7(3)9(12)10(8)14-11/h4-6H,1-3H3. The quantitative estimate of drug-likeness (QED) is 0.702. The molecule has 0 aliphatic carbocycles. The van der Waals surface area contributed by atoms with Gasteiger partial charge in [0.05, 0.1) is 20.2 Å². The number of rotatable bonds is 1. The van der Waals surface area contributed by atoms with Gasteiger partial charge in [0.1, 0.15) is 0 Å². The van der Waals surface area contributed by atoms with Crippen molar-refractivity contribution < 1.29 is 0 Å². The van der Waals surface area contributed by atoms with Crippen LogP contribution in [0.3, 0.4) is 0 Å². The zero-order valence-electron chi connectivity index (χ0n) is 8.47. The third kappa shape index (κ3) is 1.53. The van der Waals surface area contributed by atoms with Gasteiger partial charge in [0.2, 0.25) is 0 Å². The summed E-state index contributed by atoms with van der Waals surface area (Å²) in [4.78, 5) is 4.55. The molecular formula is C11H12ClNS. The molecule has 1 heterocycles. The third-order valence-electron chi connectivity index (χ3n) is 2.20. The number of halogens is 1. The molecule has 0 fully saturated rings. The summed E-state index contributed by atoms with van der Waals surface area (Å²) in [5, 5.41) is 2.01. The fraction of sp³-hybridized carbons (Fsp3) is 0.364. The number of hydrogen-bond acceptors (Lipinski definition) is 2. The zero-order chi connectivity index (χ0) is 10.3. The van der Waals surface area contributed by atoms with E-state index < -0.39 is 0 Å². The maximum Gasteiger partial charge on any atom is 0.0964 e. The van der Waals surface area contributed by atoms with Gasteiger partial charge >= 0.3 is 0 Å². The third-order valence-corrected chi connectivity index (χ3v) is 4.19. The Hall–Kier alpha value is -0.600. The number of fused-ring (bicyclic) bond motifs is 1. The fourth-order valence-electron chi connectivity index (χ4n) is 1.32. The number of aryl methyl sites for hydroxylation is 1. The Balaban J connectivity index is 2.71. The maximum atomic E-state index is 6.21. The molecule has 14 heavy (non-hydrogen) atoms. The Morgan fingerprint density at radius 1 is 1.36 bits per heavy atom. The highest BCUT2D eigenvalue weighted by Gasteiger charge is 2.10. The molecule has 0 spiro atoms. The zero-order valence-corrected chi connectivity index (χ0v) is 10.0. The number of thiazole rings is 1. The summed E-state index contributed by atoms with van der Waals surface area (Å²) >= 11 is 7.92. The minimum Gasteiger partial charge on any atom is -0.241 e. The summed E-state index contributed by atoms with van der Waals surface area (Å²) in [6, 6.07) is 4.06. The van der Waals surface area contributed by atoms with Crippen molar-refractivity contribution in [2.75, 3.05) is 0 Å². The van der Waals surface area contributed by atoms with E-state index in [0.717, 1.165) is 25.8 Å². The van der Waals surface area contributed by atoms with Crippen molar-refractivity contribution in [1.82, 2.24) is 4.98 Å². The Labute approximate surface area is 92.7 Å². The fourth-order valence-corrected chi connectivity index (χ4v) is 2.66. The molecule has 0 amide bonds. The second-order valence-electron chi connectivity index (χ2n) is 3.75. The lowest BCUT2D eigenvalue weighted by atomic mass is 10.2. The molecule has 74 valence electrons. The summed E-state index contributed by atoms with van der Waals surface area (Å²) in [6.07, 6.45) is 0. The molecule has 0 atom stereocenters. The van der Waals surface area contributed by atoms with Crippen molar-refractivity contribution >= 4 is 33.2 Å². The van der Waals surface area contributed by atoms with Crippen LogP contribution in [-0.4, -0.2) is 4.98 Å². The van der Waals surface area contributed by atoms with E-state index in [-0.39, 0.29) is 0 Å². The van der Waals surface area contributed by atoms with Gasteiger partial charge < -0.3 is 0 Å². The summed E-state index contributed by atoms with van der Waals surface area (Å²) in [5.74, 6) is 0.476. The first-order valence-electron chi connectivity index (χ1n) is 4.65. The predicted molar refractivity (Wildman–Crippen MR) is 63.5 cm³/mol. The molecule has 0 saturated carbocycles. The summed E-state index contributed by atoms with van der Waals surface area (Å²) in [5.41, 5.74) is 2.15. The number of hydrogen-bond donors (Lipinski definition) is 0. The molecule has 0 unspecified atom stereocenters. The van der Waals surface area contributed by atoms with Gasteiger partial charge in [-0.15, -0.1) is 11.3 Å². The molecule has 0 saturated heterocycles. The Morgan fingerprint density at radius 3 is 2.71 bits per heavy atom. The van der Waals surface area contributed by atoms with Crippen molar-refractivity contribution in [3.05, 3.63) is 27.7 Å². The molecule has 2 rings (SSSR count). The molecule has 0 aliphatic heterocycles. The van der Waals surface area contributed by atoms with Gasteiger partial charge in [-0.05, 0) is 18.6 Å². The van der Waals surface area contributed by atoms with Crippen LogP contribution in [0, 0.1) is 6.92 Å². The lowest BCUT2D eigenvalue weighted by Crippen LogP contribution is -1.82. The topological polar surface area (TPSA) is 12.9 Å². The van der Waals surface area contributed by atoms with Crippen LogP contribution in [0.5, 0.6) is 0 Å². The summed E-state index contributed by atoms with van der Waals surface area (Å²) in [6.45, 7) is 6.33. The molecule has 1 aromatic heterocycles. The molecule has 0 aliphatic rings. The van der Waals surface area contributed by atoms with Crippen LogP contribution in [0.4, 0.5) is 0 Å². The molecule has 0 N–H and O–H groups in total. The van der Waals surface area contributed by atoms with Crippen molar-refractivity contribution in [1.29, 1.82) is 0 Å². The molecule has 0 bridgehead atoms. The van der Waals surface area contributed by atoms with E-state index in [0.29, 0.717) is 5.92 Å². The predicted octanol–water partition coefficient (Wildman–Crippen LogP) is 4.38. The smallest absolute Gasteiger partial charge is 0.0964 e. The van der Waals surface area contributed by atoms with Crippen LogP contribution in [0.1, 0.15) is 30.3 Å². The van der Waals surface area contributed by atoms with E-state index in [1.54, 1.807) is 11.3 Å². The van der Waals surface area contributed by atoms with Crippen LogP contribution in [0.15, 0.2) is 12.1 Å². The molecule has 3 heteroatoms. The van der Waals surface area contributed by atoms with Crippen LogP contribution in [0.2, 0.25) is 5.02 Å². The van der Waals surface area contributed by atoms with Gasteiger partial charge in [0.25, 0.3) is 0 Å². The second kappa shape index (κ2) is 3.52. The van der Waals surface area contributed by atoms with Gasteiger partial charge in [0, 0.05) is 5.92 Å². The van der Waals surface area contributed by atoms with Crippen molar-refractivity contribution in [2.24, 2.45) is 0 Å². The largest absolute Gasteiger partial charge is 0.241 e.